The molecule has 2 aromatic rings. The summed E-state index contributed by atoms with van der Waals surface area (Å²) in [5.41, 5.74) is 12.3. The Balaban J connectivity index is 0.00000162. The van der Waals surface area contributed by atoms with Gasteiger partial charge in [0.2, 0.25) is 5.13 Å². The summed E-state index contributed by atoms with van der Waals surface area (Å²) in [5.74, 6) is -0.0374. The fraction of sp³-hybridized carbons (Fsp3) is 0. The van der Waals surface area contributed by atoms with Gasteiger partial charge >= 0.3 is 0 Å². The van der Waals surface area contributed by atoms with E-state index < -0.39 is 0 Å². The van der Waals surface area contributed by atoms with Gasteiger partial charge in [-0.1, -0.05) is 0 Å². The van der Waals surface area contributed by atoms with Crippen molar-refractivity contribution in [2.45, 2.75) is 0 Å². The highest BCUT2D eigenvalue weighted by molar-refractivity contribution is 8.93. The number of aromatic nitrogens is 2. The number of hydrogen-bond donors (Lipinski definition) is 2. The van der Waals surface area contributed by atoms with Crippen LogP contribution in [0.1, 0.15) is 5.56 Å². The largest absolute Gasteiger partial charge is 0.370 e. The minimum atomic E-state index is -0.0374. The molecule has 2 aromatic heterocycles. The summed E-state index contributed by atoms with van der Waals surface area (Å²) in [6, 6.07) is 5.34. The van der Waals surface area contributed by atoms with Crippen molar-refractivity contribution in [3.8, 4) is 17.5 Å². The third-order valence-corrected chi connectivity index (χ3v) is 2.60. The highest BCUT2D eigenvalue weighted by Crippen LogP contribution is 2.25. The molecule has 0 radical (unpaired) electrons. The van der Waals surface area contributed by atoms with E-state index >= 15 is 0 Å². The molecule has 6 nitrogen and oxygen atoms in total. The smallest absolute Gasteiger partial charge is 0.212 e. The molecule has 0 aliphatic carbocycles. The van der Waals surface area contributed by atoms with E-state index in [1.807, 2.05) is 6.07 Å². The summed E-state index contributed by atoms with van der Waals surface area (Å²) in [5, 5.41) is 11.0. The Morgan fingerprint density at radius 3 is 2.83 bits per heavy atom. The summed E-state index contributed by atoms with van der Waals surface area (Å²) in [7, 11) is 0. The highest BCUT2D eigenvalue weighted by Gasteiger charge is 2.06. The van der Waals surface area contributed by atoms with E-state index in [4.69, 9.17) is 16.7 Å². The SMILES string of the molecule is Br.N#Cc1ccnc(-c2csc(N=C(N)N)n2)c1. The molecule has 2 heterocycles. The van der Waals surface area contributed by atoms with E-state index in [9.17, 15) is 0 Å². The topological polar surface area (TPSA) is 114 Å². The molecule has 92 valence electrons. The summed E-state index contributed by atoms with van der Waals surface area (Å²) in [6.45, 7) is 0. The van der Waals surface area contributed by atoms with Gasteiger partial charge in [0.15, 0.2) is 5.96 Å². The summed E-state index contributed by atoms with van der Waals surface area (Å²) in [4.78, 5) is 12.2. The predicted octanol–water partition coefficient (Wildman–Crippen LogP) is 1.56. The van der Waals surface area contributed by atoms with Crippen LogP contribution in [0.4, 0.5) is 5.13 Å². The molecule has 18 heavy (non-hydrogen) atoms. The minimum absolute atomic E-state index is 0. The Morgan fingerprint density at radius 2 is 2.17 bits per heavy atom. The van der Waals surface area contributed by atoms with Gasteiger partial charge in [0.25, 0.3) is 0 Å². The lowest BCUT2D eigenvalue weighted by atomic mass is 10.2. The van der Waals surface area contributed by atoms with Crippen LogP contribution >= 0.6 is 28.3 Å². The first-order chi connectivity index (χ1) is 8.19. The number of nitrogens with zero attached hydrogens (tertiary/aromatic N) is 4. The molecule has 4 N–H and O–H groups in total. The number of pyridine rings is 1. The van der Waals surface area contributed by atoms with Gasteiger partial charge in [-0.15, -0.1) is 28.3 Å². The maximum Gasteiger partial charge on any atom is 0.212 e. The van der Waals surface area contributed by atoms with Crippen LogP contribution in [-0.2, 0) is 0 Å². The maximum atomic E-state index is 8.78. The standard InChI is InChI=1S/C10H8N6S.BrH/c11-4-6-1-2-14-7(3-6)8-5-17-10(15-8)16-9(12)13;/h1-3,5H,(H4,12,13,15,16);1H. The fourth-order valence-electron chi connectivity index (χ4n) is 1.18. The Hall–Kier alpha value is -1.98. The Morgan fingerprint density at radius 1 is 1.39 bits per heavy atom. The van der Waals surface area contributed by atoms with Crippen molar-refractivity contribution in [1.82, 2.24) is 9.97 Å². The van der Waals surface area contributed by atoms with Crippen molar-refractivity contribution in [1.29, 1.82) is 5.26 Å². The molecule has 0 fully saturated rings. The molecular formula is C10H9BrN6S. The van der Waals surface area contributed by atoms with Gasteiger partial charge in [-0.25, -0.2) is 4.98 Å². The third kappa shape index (κ3) is 3.26. The van der Waals surface area contributed by atoms with E-state index in [-0.39, 0.29) is 22.9 Å². The molecule has 0 spiro atoms. The molecule has 0 amide bonds. The average molecular weight is 325 g/mol. The van der Waals surface area contributed by atoms with E-state index in [1.54, 1.807) is 23.7 Å². The van der Waals surface area contributed by atoms with Gasteiger partial charge in [0.05, 0.1) is 17.3 Å². The average Bonchev–Trinajstić information content (AvgIpc) is 2.77. The molecule has 0 bridgehead atoms. The van der Waals surface area contributed by atoms with Crippen LogP contribution in [0.2, 0.25) is 0 Å². The van der Waals surface area contributed by atoms with Gasteiger partial charge < -0.3 is 11.5 Å². The molecule has 0 atom stereocenters. The number of thiazole rings is 1. The first-order valence-corrected chi connectivity index (χ1v) is 5.48. The lowest BCUT2D eigenvalue weighted by Gasteiger charge is -1.94. The van der Waals surface area contributed by atoms with Crippen LogP contribution in [0.15, 0.2) is 28.7 Å². The summed E-state index contributed by atoms with van der Waals surface area (Å²) in [6.07, 6.45) is 1.56. The number of guanidine groups is 1. The number of nitrogens with two attached hydrogens (primary N) is 2. The van der Waals surface area contributed by atoms with Crippen LogP contribution in [0.3, 0.4) is 0 Å². The van der Waals surface area contributed by atoms with Gasteiger partial charge in [0.1, 0.15) is 5.69 Å². The normalized spacial score (nSPS) is 9.06. The lowest BCUT2D eigenvalue weighted by molar-refractivity contribution is 1.25. The maximum absolute atomic E-state index is 8.78. The summed E-state index contributed by atoms with van der Waals surface area (Å²) >= 11 is 1.30. The van der Waals surface area contributed by atoms with Crippen molar-refractivity contribution < 1.29 is 0 Å². The van der Waals surface area contributed by atoms with Crippen molar-refractivity contribution >= 4 is 39.4 Å². The zero-order valence-corrected chi connectivity index (χ0v) is 11.6. The van der Waals surface area contributed by atoms with Crippen LogP contribution < -0.4 is 11.5 Å². The number of aliphatic imine (C=N–C) groups is 1. The molecule has 8 heteroatoms. The molecule has 0 aromatic carbocycles. The van der Waals surface area contributed by atoms with Crippen LogP contribution in [0.5, 0.6) is 0 Å². The van der Waals surface area contributed by atoms with Crippen LogP contribution in [0.25, 0.3) is 11.4 Å². The molecule has 0 aliphatic rings. The number of hydrogen-bond acceptors (Lipinski definition) is 5. The quantitative estimate of drug-likeness (QED) is 0.642. The Labute approximate surface area is 118 Å². The van der Waals surface area contributed by atoms with E-state index in [0.717, 1.165) is 0 Å². The van der Waals surface area contributed by atoms with Crippen LogP contribution in [0, 0.1) is 11.3 Å². The third-order valence-electron chi connectivity index (χ3n) is 1.87. The lowest BCUT2D eigenvalue weighted by Crippen LogP contribution is -2.21. The molecule has 2 rings (SSSR count). The zero-order valence-electron chi connectivity index (χ0n) is 9.07. The molecule has 0 aliphatic heterocycles. The molecule has 0 saturated carbocycles. The van der Waals surface area contributed by atoms with Crippen molar-refractivity contribution in [3.63, 3.8) is 0 Å². The van der Waals surface area contributed by atoms with E-state index in [0.29, 0.717) is 22.1 Å². The predicted molar refractivity (Wildman–Crippen MR) is 75.9 cm³/mol. The number of halogens is 1. The fourth-order valence-corrected chi connectivity index (χ4v) is 1.88. The second-order valence-electron chi connectivity index (χ2n) is 3.09. The molecule has 0 unspecified atom stereocenters. The molecule has 0 saturated heterocycles. The number of rotatable bonds is 2. The highest BCUT2D eigenvalue weighted by atomic mass is 79.9. The Bertz CT molecular complexity index is 611. The first-order valence-electron chi connectivity index (χ1n) is 4.61. The molecular weight excluding hydrogens is 316 g/mol. The second kappa shape index (κ2) is 6.09. The van der Waals surface area contributed by atoms with Gasteiger partial charge in [-0.2, -0.15) is 10.3 Å². The minimum Gasteiger partial charge on any atom is -0.370 e. The van der Waals surface area contributed by atoms with Crippen molar-refractivity contribution in [2.75, 3.05) is 0 Å². The zero-order chi connectivity index (χ0) is 12.3. The Kier molecular flexibility index (Phi) is 4.76. The number of nitriles is 1. The van der Waals surface area contributed by atoms with Crippen molar-refractivity contribution in [3.05, 3.63) is 29.3 Å². The first kappa shape index (κ1) is 14.1. The van der Waals surface area contributed by atoms with Gasteiger partial charge in [-0.3, -0.25) is 4.98 Å². The van der Waals surface area contributed by atoms with Gasteiger partial charge in [-0.05, 0) is 12.1 Å². The second-order valence-corrected chi connectivity index (χ2v) is 3.93. The summed E-state index contributed by atoms with van der Waals surface area (Å²) < 4.78 is 0. The van der Waals surface area contributed by atoms with Gasteiger partial charge in [0, 0.05) is 11.6 Å². The van der Waals surface area contributed by atoms with Crippen molar-refractivity contribution in [2.24, 2.45) is 16.5 Å². The monoisotopic (exact) mass is 324 g/mol. The van der Waals surface area contributed by atoms with Crippen LogP contribution in [-0.4, -0.2) is 15.9 Å². The van der Waals surface area contributed by atoms with E-state index in [2.05, 4.69) is 15.0 Å². The van der Waals surface area contributed by atoms with E-state index in [1.165, 1.54) is 11.3 Å².